The van der Waals surface area contributed by atoms with Crippen molar-refractivity contribution >= 4 is 11.8 Å². The normalized spacial score (nSPS) is 10.4. The number of carbonyl (C=O) groups excluding carboxylic acids is 2. The molecule has 4 aromatic carbocycles. The van der Waals surface area contributed by atoms with Crippen LogP contribution in [0.3, 0.4) is 0 Å². The van der Waals surface area contributed by atoms with Gasteiger partial charge in [-0.15, -0.1) is 0 Å². The van der Waals surface area contributed by atoms with Crippen molar-refractivity contribution in [3.63, 3.8) is 0 Å². The van der Waals surface area contributed by atoms with E-state index in [-0.39, 0.29) is 42.3 Å². The molecule has 226 valence electrons. The summed E-state index contributed by atoms with van der Waals surface area (Å²) in [6.45, 7) is -1.13. The number of ketones is 1. The highest BCUT2D eigenvalue weighted by Gasteiger charge is 2.18. The molecule has 0 heterocycles. The molecule has 0 aliphatic heterocycles. The van der Waals surface area contributed by atoms with Gasteiger partial charge >= 0.3 is 5.97 Å². The van der Waals surface area contributed by atoms with Gasteiger partial charge in [0.25, 0.3) is 0 Å². The topological polar surface area (TPSA) is 132 Å². The zero-order valence-corrected chi connectivity index (χ0v) is 24.5. The summed E-state index contributed by atoms with van der Waals surface area (Å²) < 4.78 is 21.5. The molecule has 0 atom stereocenters. The number of hydrogen-bond acceptors (Lipinski definition) is 9. The fourth-order valence-electron chi connectivity index (χ4n) is 4.50. The molecule has 0 aliphatic rings. The van der Waals surface area contributed by atoms with E-state index < -0.39 is 12.6 Å². The lowest BCUT2D eigenvalue weighted by Gasteiger charge is -2.13. The summed E-state index contributed by atoms with van der Waals surface area (Å²) in [5.41, 5.74) is 3.91. The molecule has 0 amide bonds. The number of rotatable bonds is 11. The van der Waals surface area contributed by atoms with Gasteiger partial charge in [0.05, 0.1) is 46.7 Å². The number of aliphatic hydroxyl groups excluding tert-OH is 3. The molecule has 0 aliphatic carbocycles. The minimum Gasteiger partial charge on any atom is -0.493 e. The van der Waals surface area contributed by atoms with E-state index in [1.54, 1.807) is 36.4 Å². The number of methoxy groups -OCH3 is 3. The number of carbonyl (C=O) groups is 2. The van der Waals surface area contributed by atoms with Crippen molar-refractivity contribution in [2.75, 3.05) is 21.3 Å². The number of Topliss-reactive ketones (excluding diaryl/α,β-unsaturated/α-hetero) is 1. The summed E-state index contributed by atoms with van der Waals surface area (Å²) in [7, 11) is 4.50. The van der Waals surface area contributed by atoms with Crippen LogP contribution in [0.5, 0.6) is 23.0 Å². The van der Waals surface area contributed by atoms with Crippen molar-refractivity contribution in [3.8, 4) is 34.8 Å². The summed E-state index contributed by atoms with van der Waals surface area (Å²) >= 11 is 0. The number of ether oxygens (including phenoxy) is 4. The fraction of sp³-hybridized carbons (Fsp3) is 0.200. The smallest absolute Gasteiger partial charge is 0.343 e. The van der Waals surface area contributed by atoms with Crippen LogP contribution in [0.25, 0.3) is 0 Å². The third kappa shape index (κ3) is 7.43. The van der Waals surface area contributed by atoms with Gasteiger partial charge in [-0.25, -0.2) is 4.79 Å². The lowest BCUT2D eigenvalue weighted by Crippen LogP contribution is -2.13. The molecular formula is C35H32O9. The summed E-state index contributed by atoms with van der Waals surface area (Å²) in [6, 6.07) is 20.1. The molecule has 4 rings (SSSR count). The lowest BCUT2D eigenvalue weighted by molar-refractivity contribution is 0.0730. The van der Waals surface area contributed by atoms with E-state index in [4.69, 9.17) is 18.9 Å². The van der Waals surface area contributed by atoms with E-state index in [9.17, 15) is 24.9 Å². The second kappa shape index (κ2) is 14.8. The maximum absolute atomic E-state index is 13.0. The third-order valence-electron chi connectivity index (χ3n) is 6.88. The van der Waals surface area contributed by atoms with Gasteiger partial charge in [0, 0.05) is 23.1 Å². The Hall–Kier alpha value is -5.14. The zero-order chi connectivity index (χ0) is 31.6. The minimum absolute atomic E-state index is 0.103. The first-order chi connectivity index (χ1) is 21.3. The van der Waals surface area contributed by atoms with Crippen molar-refractivity contribution < 1.29 is 43.9 Å². The van der Waals surface area contributed by atoms with Gasteiger partial charge in [-0.3, -0.25) is 4.79 Å². The fourth-order valence-corrected chi connectivity index (χ4v) is 4.50. The van der Waals surface area contributed by atoms with E-state index in [2.05, 4.69) is 11.8 Å². The van der Waals surface area contributed by atoms with Crippen molar-refractivity contribution in [3.05, 3.63) is 117 Å². The number of benzene rings is 4. The van der Waals surface area contributed by atoms with E-state index in [0.29, 0.717) is 39.5 Å². The second-order valence-electron chi connectivity index (χ2n) is 9.63. The Balaban J connectivity index is 1.40. The first kappa shape index (κ1) is 31.8. The Labute approximate surface area is 255 Å². The first-order valence-electron chi connectivity index (χ1n) is 13.6. The van der Waals surface area contributed by atoms with Crippen molar-refractivity contribution in [1.29, 1.82) is 0 Å². The van der Waals surface area contributed by atoms with Crippen LogP contribution < -0.4 is 18.9 Å². The van der Waals surface area contributed by atoms with Gasteiger partial charge in [-0.2, -0.15) is 0 Å². The van der Waals surface area contributed by atoms with Crippen LogP contribution in [-0.4, -0.2) is 48.4 Å². The summed E-state index contributed by atoms with van der Waals surface area (Å²) in [5, 5.41) is 28.7. The Kier molecular flexibility index (Phi) is 10.7. The van der Waals surface area contributed by atoms with Crippen molar-refractivity contribution in [2.45, 2.75) is 26.2 Å². The minimum atomic E-state index is -0.698. The molecule has 3 N–H and O–H groups in total. The molecule has 0 saturated heterocycles. The quantitative estimate of drug-likeness (QED) is 0.101. The predicted molar refractivity (Wildman–Crippen MR) is 162 cm³/mol. The van der Waals surface area contributed by atoms with Crippen LogP contribution in [0.1, 0.15) is 54.1 Å². The van der Waals surface area contributed by atoms with Crippen molar-refractivity contribution in [1.82, 2.24) is 0 Å². The van der Waals surface area contributed by atoms with E-state index in [0.717, 1.165) is 11.1 Å². The summed E-state index contributed by atoms with van der Waals surface area (Å²) in [6.07, 6.45) is 0.180. The Morgan fingerprint density at radius 2 is 1.18 bits per heavy atom. The number of aliphatic hydroxyl groups is 3. The summed E-state index contributed by atoms with van der Waals surface area (Å²) in [4.78, 5) is 25.7. The molecule has 0 unspecified atom stereocenters. The van der Waals surface area contributed by atoms with Gasteiger partial charge in [0.1, 0.15) is 5.75 Å². The van der Waals surface area contributed by atoms with Gasteiger partial charge in [0.15, 0.2) is 17.3 Å². The zero-order valence-electron chi connectivity index (χ0n) is 24.5. The molecule has 9 heteroatoms. The molecule has 4 aromatic rings. The van der Waals surface area contributed by atoms with Gasteiger partial charge in [-0.05, 0) is 82.9 Å². The molecule has 0 radical (unpaired) electrons. The maximum atomic E-state index is 13.0. The monoisotopic (exact) mass is 596 g/mol. The molecular weight excluding hydrogens is 564 g/mol. The van der Waals surface area contributed by atoms with Crippen LogP contribution in [0, 0.1) is 11.8 Å². The molecule has 0 saturated carbocycles. The van der Waals surface area contributed by atoms with Gasteiger partial charge in [0.2, 0.25) is 5.75 Å². The average molecular weight is 597 g/mol. The standard InChI is InChI=1S/C35H32O9/c1-41-32-17-25(18-33(42-2)34(32)43-3)31(39)14-24-8-6-22(7-9-24)4-5-23-10-12-29(13-11-23)44-35(40)30-16-27(20-37)26(19-36)15-28(30)21-38/h6-13,15-18,36-38H,14,19-21H2,1-3H3. The second-order valence-corrected chi connectivity index (χ2v) is 9.63. The van der Waals surface area contributed by atoms with E-state index in [1.165, 1.54) is 33.5 Å². The molecule has 0 spiro atoms. The van der Waals surface area contributed by atoms with Gasteiger partial charge < -0.3 is 34.3 Å². The first-order valence-corrected chi connectivity index (χ1v) is 13.6. The molecule has 44 heavy (non-hydrogen) atoms. The van der Waals surface area contributed by atoms with Crippen LogP contribution >= 0.6 is 0 Å². The molecule has 0 aromatic heterocycles. The molecule has 9 nitrogen and oxygen atoms in total. The van der Waals surface area contributed by atoms with Crippen molar-refractivity contribution in [2.24, 2.45) is 0 Å². The average Bonchev–Trinajstić information content (AvgIpc) is 3.06. The number of hydrogen-bond donors (Lipinski definition) is 3. The molecule has 0 bridgehead atoms. The third-order valence-corrected chi connectivity index (χ3v) is 6.88. The largest absolute Gasteiger partial charge is 0.493 e. The van der Waals surface area contributed by atoms with Crippen LogP contribution in [0.2, 0.25) is 0 Å². The van der Waals surface area contributed by atoms with E-state index in [1.807, 2.05) is 24.3 Å². The Morgan fingerprint density at radius 3 is 1.68 bits per heavy atom. The highest BCUT2D eigenvalue weighted by atomic mass is 16.5. The maximum Gasteiger partial charge on any atom is 0.343 e. The lowest BCUT2D eigenvalue weighted by atomic mass is 9.99. The highest BCUT2D eigenvalue weighted by Crippen LogP contribution is 2.38. The van der Waals surface area contributed by atoms with Crippen LogP contribution in [-0.2, 0) is 26.2 Å². The van der Waals surface area contributed by atoms with Gasteiger partial charge in [-0.1, -0.05) is 24.0 Å². The summed E-state index contributed by atoms with van der Waals surface area (Å²) in [5.74, 6) is 6.86. The SMILES string of the molecule is COc1cc(C(=O)Cc2ccc(C#Cc3ccc(OC(=O)c4cc(CO)c(CO)cc4CO)cc3)cc2)cc(OC)c1OC. The van der Waals surface area contributed by atoms with E-state index >= 15 is 0 Å². The predicted octanol–water partition coefficient (Wildman–Crippen LogP) is 4.23. The van der Waals surface area contributed by atoms with Crippen LogP contribution in [0.4, 0.5) is 0 Å². The van der Waals surface area contributed by atoms with Crippen LogP contribution in [0.15, 0.2) is 72.8 Å². The highest BCUT2D eigenvalue weighted by molar-refractivity contribution is 5.98. The Bertz CT molecular complexity index is 1670. The number of esters is 1. The molecule has 0 fully saturated rings. The Morgan fingerprint density at radius 1 is 0.659 bits per heavy atom.